The van der Waals surface area contributed by atoms with Gasteiger partial charge in [0.25, 0.3) is 5.91 Å². The molecule has 3 aromatic rings. The highest BCUT2D eigenvalue weighted by Crippen LogP contribution is 2.37. The first kappa shape index (κ1) is 31.1. The van der Waals surface area contributed by atoms with Crippen molar-refractivity contribution in [2.75, 3.05) is 55.7 Å². The Bertz CT molecular complexity index is 1660. The van der Waals surface area contributed by atoms with Crippen molar-refractivity contribution in [2.45, 2.75) is 57.8 Å². The lowest BCUT2D eigenvalue weighted by Crippen LogP contribution is -2.59. The van der Waals surface area contributed by atoms with E-state index in [2.05, 4.69) is 65.1 Å². The van der Waals surface area contributed by atoms with Crippen LogP contribution in [-0.2, 0) is 17.8 Å². The summed E-state index contributed by atoms with van der Waals surface area (Å²) in [5.74, 6) is -1.01. The molecule has 0 saturated carbocycles. The van der Waals surface area contributed by atoms with E-state index in [9.17, 15) is 9.18 Å². The second kappa shape index (κ2) is 12.5. The third-order valence-electron chi connectivity index (χ3n) is 9.18. The van der Waals surface area contributed by atoms with Crippen LogP contribution in [0.1, 0.15) is 38.4 Å². The summed E-state index contributed by atoms with van der Waals surface area (Å²) in [4.78, 5) is 34.3. The number of aromatic nitrogens is 2. The van der Waals surface area contributed by atoms with Gasteiger partial charge in [-0.25, -0.2) is 11.0 Å². The van der Waals surface area contributed by atoms with E-state index in [0.29, 0.717) is 43.7 Å². The fourth-order valence-electron chi connectivity index (χ4n) is 6.86. The molecule has 4 heterocycles. The Morgan fingerprint density at radius 1 is 1.11 bits per heavy atom. The lowest BCUT2D eigenvalue weighted by atomic mass is 9.94. The predicted octanol–water partition coefficient (Wildman–Crippen LogP) is 5.52. The Balaban J connectivity index is 1.33. The predicted molar refractivity (Wildman–Crippen MR) is 176 cm³/mol. The maximum atomic E-state index is 13.8. The summed E-state index contributed by atoms with van der Waals surface area (Å²) in [7, 11) is 0. The van der Waals surface area contributed by atoms with Gasteiger partial charge in [0, 0.05) is 60.9 Å². The molecule has 236 valence electrons. The SMILES string of the molecule is [C-]#[N+]C[C@H]1CN(c2nc(OCC3CCN3C(C)(C)C)nc3c2CCN(c2cccc4cccc(Cl)c24)C3)CCN1C(=O)C(=C)F. The number of fused-ring (bicyclic) bond motifs is 2. The zero-order valence-electron chi connectivity index (χ0n) is 26.1. The van der Waals surface area contributed by atoms with Crippen molar-refractivity contribution in [3.8, 4) is 6.01 Å². The van der Waals surface area contributed by atoms with Crippen molar-refractivity contribution >= 4 is 39.8 Å². The number of carbonyl (C=O) groups is 1. The topological polar surface area (TPSA) is 69.4 Å². The number of likely N-dealkylation sites (tertiary alicyclic amines) is 1. The molecule has 2 saturated heterocycles. The summed E-state index contributed by atoms with van der Waals surface area (Å²) in [6.45, 7) is 21.2. The number of nitrogens with zero attached hydrogens (tertiary/aromatic N) is 7. The molecule has 0 radical (unpaired) electrons. The summed E-state index contributed by atoms with van der Waals surface area (Å²) < 4.78 is 20.2. The van der Waals surface area contributed by atoms with E-state index in [1.807, 2.05) is 18.2 Å². The van der Waals surface area contributed by atoms with Crippen LogP contribution in [0.5, 0.6) is 6.01 Å². The van der Waals surface area contributed by atoms with Crippen molar-refractivity contribution in [3.05, 3.63) is 76.5 Å². The number of ether oxygens (including phenoxy) is 1. The Kier molecular flexibility index (Phi) is 8.59. The van der Waals surface area contributed by atoms with Gasteiger partial charge >= 0.3 is 6.01 Å². The fourth-order valence-corrected chi connectivity index (χ4v) is 7.14. The van der Waals surface area contributed by atoms with Crippen LogP contribution in [-0.4, -0.2) is 89.2 Å². The maximum absolute atomic E-state index is 13.8. The lowest BCUT2D eigenvalue weighted by Gasteiger charge is -2.49. The molecular formula is C34H39ClFN7O2. The van der Waals surface area contributed by atoms with Gasteiger partial charge in [0.15, 0.2) is 5.83 Å². The summed E-state index contributed by atoms with van der Waals surface area (Å²) >= 11 is 6.70. The number of amides is 1. The van der Waals surface area contributed by atoms with Crippen molar-refractivity contribution in [3.63, 3.8) is 0 Å². The minimum atomic E-state index is -1.01. The van der Waals surface area contributed by atoms with Crippen LogP contribution in [0.25, 0.3) is 15.6 Å². The molecule has 0 spiro atoms. The molecule has 6 rings (SSSR count). The molecule has 1 amide bonds. The minimum absolute atomic E-state index is 0.0499. The van der Waals surface area contributed by atoms with Gasteiger partial charge in [-0.1, -0.05) is 42.4 Å². The number of benzene rings is 2. The van der Waals surface area contributed by atoms with Crippen LogP contribution in [0.2, 0.25) is 5.02 Å². The van der Waals surface area contributed by atoms with Crippen LogP contribution >= 0.6 is 11.6 Å². The van der Waals surface area contributed by atoms with Crippen LogP contribution in [0.3, 0.4) is 0 Å². The maximum Gasteiger partial charge on any atom is 0.318 e. The van der Waals surface area contributed by atoms with Gasteiger partial charge in [-0.15, -0.1) is 0 Å². The van der Waals surface area contributed by atoms with Crippen LogP contribution in [0.4, 0.5) is 15.9 Å². The van der Waals surface area contributed by atoms with Crippen molar-refractivity contribution in [1.82, 2.24) is 19.8 Å². The number of hydrogen-bond donors (Lipinski definition) is 0. The summed E-state index contributed by atoms with van der Waals surface area (Å²) in [5.41, 5.74) is 3.01. The van der Waals surface area contributed by atoms with Gasteiger partial charge in [0.05, 0.1) is 17.3 Å². The van der Waals surface area contributed by atoms with Gasteiger partial charge in [0.2, 0.25) is 6.54 Å². The zero-order valence-corrected chi connectivity index (χ0v) is 26.9. The quantitative estimate of drug-likeness (QED) is 0.251. The average molecular weight is 632 g/mol. The molecule has 0 bridgehead atoms. The smallest absolute Gasteiger partial charge is 0.318 e. The Labute approximate surface area is 269 Å². The first-order valence-corrected chi connectivity index (χ1v) is 15.9. The monoisotopic (exact) mass is 631 g/mol. The number of anilines is 2. The summed E-state index contributed by atoms with van der Waals surface area (Å²) in [6.07, 6.45) is 1.75. The molecule has 45 heavy (non-hydrogen) atoms. The van der Waals surface area contributed by atoms with Crippen LogP contribution in [0.15, 0.2) is 48.8 Å². The van der Waals surface area contributed by atoms with Crippen molar-refractivity contribution in [2.24, 2.45) is 0 Å². The third kappa shape index (κ3) is 6.16. The van der Waals surface area contributed by atoms with E-state index >= 15 is 0 Å². The molecule has 2 fully saturated rings. The molecule has 9 nitrogen and oxygen atoms in total. The van der Waals surface area contributed by atoms with Gasteiger partial charge in [-0.3, -0.25) is 9.69 Å². The van der Waals surface area contributed by atoms with Gasteiger partial charge in [0.1, 0.15) is 18.5 Å². The molecule has 0 N–H and O–H groups in total. The average Bonchev–Trinajstić information content (AvgIpc) is 2.98. The highest BCUT2D eigenvalue weighted by Gasteiger charge is 2.38. The van der Waals surface area contributed by atoms with Gasteiger partial charge < -0.3 is 24.3 Å². The standard InChI is InChI=1S/C34H39ClFN7O2/c1-22(36)32(44)42-17-16-41(19-25(42)18-37-5)31-26-13-14-40(29-11-7-9-23-8-6-10-27(35)30(23)29)20-28(26)38-33(39-31)45-21-24-12-15-43(24)34(2,3)4/h6-11,24-25H,1,12-21H2,2-4H3/t24?,25-/m0/s1. The molecule has 1 unspecified atom stereocenters. The minimum Gasteiger partial charge on any atom is -0.462 e. The van der Waals surface area contributed by atoms with Crippen molar-refractivity contribution < 1.29 is 13.9 Å². The fraction of sp³-hybridized carbons (Fsp3) is 0.471. The Hall–Kier alpha value is -3.94. The second-order valence-corrected chi connectivity index (χ2v) is 13.4. The largest absolute Gasteiger partial charge is 0.462 e. The number of halogens is 2. The first-order valence-electron chi connectivity index (χ1n) is 15.5. The number of piperazine rings is 1. The van der Waals surface area contributed by atoms with E-state index in [0.717, 1.165) is 53.0 Å². The number of carbonyl (C=O) groups excluding carboxylic acids is 1. The van der Waals surface area contributed by atoms with E-state index in [-0.39, 0.29) is 24.7 Å². The highest BCUT2D eigenvalue weighted by molar-refractivity contribution is 6.36. The molecular weight excluding hydrogens is 593 g/mol. The first-order chi connectivity index (χ1) is 21.5. The Morgan fingerprint density at radius 2 is 1.89 bits per heavy atom. The van der Waals surface area contributed by atoms with E-state index in [1.54, 1.807) is 0 Å². The number of rotatable bonds is 7. The molecule has 0 aliphatic carbocycles. The lowest BCUT2D eigenvalue weighted by molar-refractivity contribution is -0.131. The highest BCUT2D eigenvalue weighted by atomic mass is 35.5. The van der Waals surface area contributed by atoms with Crippen LogP contribution in [0, 0.1) is 6.57 Å². The number of hydrogen-bond acceptors (Lipinski definition) is 7. The molecule has 3 aliphatic rings. The van der Waals surface area contributed by atoms with Crippen molar-refractivity contribution in [1.29, 1.82) is 0 Å². The molecule has 11 heteroatoms. The van der Waals surface area contributed by atoms with E-state index in [4.69, 9.17) is 32.9 Å². The molecule has 3 aliphatic heterocycles. The van der Waals surface area contributed by atoms with Gasteiger partial charge in [-0.2, -0.15) is 9.97 Å². The molecule has 2 atom stereocenters. The molecule has 1 aromatic heterocycles. The zero-order chi connectivity index (χ0) is 31.9. The van der Waals surface area contributed by atoms with E-state index < -0.39 is 17.8 Å². The summed E-state index contributed by atoms with van der Waals surface area (Å²) in [5, 5.41) is 2.80. The van der Waals surface area contributed by atoms with Crippen LogP contribution < -0.4 is 14.5 Å². The molecule has 2 aromatic carbocycles. The Morgan fingerprint density at radius 3 is 2.58 bits per heavy atom. The van der Waals surface area contributed by atoms with E-state index in [1.165, 1.54) is 4.90 Å². The third-order valence-corrected chi connectivity index (χ3v) is 9.50. The summed E-state index contributed by atoms with van der Waals surface area (Å²) in [6, 6.07) is 12.3. The normalized spacial score (nSPS) is 20.4. The van der Waals surface area contributed by atoms with Gasteiger partial charge in [-0.05, 0) is 51.1 Å². The second-order valence-electron chi connectivity index (χ2n) is 13.0.